The molecule has 2 aromatic carbocycles. The van der Waals surface area contributed by atoms with Crippen molar-refractivity contribution >= 4 is 21.6 Å². The van der Waals surface area contributed by atoms with Gasteiger partial charge in [0.25, 0.3) is 10.0 Å². The number of anilines is 1. The number of carbonyl (C=O) groups is 1. The molecule has 6 nitrogen and oxygen atoms in total. The molecule has 0 unspecified atom stereocenters. The van der Waals surface area contributed by atoms with E-state index < -0.39 is 15.8 Å². The van der Waals surface area contributed by atoms with E-state index in [1.807, 2.05) is 20.8 Å². The molecule has 0 N–H and O–H groups in total. The molecule has 0 aliphatic rings. The van der Waals surface area contributed by atoms with E-state index in [1.165, 1.54) is 12.1 Å². The van der Waals surface area contributed by atoms with E-state index in [4.69, 9.17) is 4.74 Å². The van der Waals surface area contributed by atoms with E-state index in [9.17, 15) is 17.6 Å². The highest BCUT2D eigenvalue weighted by molar-refractivity contribution is 7.92. The molecular weight excluding hydrogens is 383 g/mol. The molecule has 0 heterocycles. The van der Waals surface area contributed by atoms with Crippen molar-refractivity contribution in [2.75, 3.05) is 30.5 Å². The van der Waals surface area contributed by atoms with Gasteiger partial charge in [0.1, 0.15) is 18.1 Å². The quantitative estimate of drug-likeness (QED) is 0.639. The molecule has 0 saturated heterocycles. The van der Waals surface area contributed by atoms with Crippen LogP contribution in [0, 0.1) is 5.82 Å². The Morgan fingerprint density at radius 3 is 2.04 bits per heavy atom. The normalized spacial score (nSPS) is 11.1. The van der Waals surface area contributed by atoms with Crippen LogP contribution in [0.4, 0.5) is 10.1 Å². The predicted molar refractivity (Wildman–Crippen MR) is 106 cm³/mol. The first kappa shape index (κ1) is 21.7. The van der Waals surface area contributed by atoms with Crippen LogP contribution in [0.15, 0.2) is 53.4 Å². The Morgan fingerprint density at radius 1 is 0.964 bits per heavy atom. The third kappa shape index (κ3) is 5.01. The van der Waals surface area contributed by atoms with Crippen LogP contribution in [-0.4, -0.2) is 45.5 Å². The maximum atomic E-state index is 13.2. The van der Waals surface area contributed by atoms with Gasteiger partial charge in [-0.1, -0.05) is 0 Å². The fourth-order valence-corrected chi connectivity index (χ4v) is 4.14. The van der Waals surface area contributed by atoms with Crippen molar-refractivity contribution in [3.63, 3.8) is 0 Å². The number of hydrogen-bond acceptors (Lipinski definition) is 4. The largest absolute Gasteiger partial charge is 0.494 e. The van der Waals surface area contributed by atoms with Crippen LogP contribution in [0.5, 0.6) is 5.75 Å². The summed E-state index contributed by atoms with van der Waals surface area (Å²) in [6, 6.07) is 11.0. The first-order chi connectivity index (χ1) is 13.3. The van der Waals surface area contributed by atoms with E-state index in [2.05, 4.69) is 0 Å². The number of halogens is 1. The summed E-state index contributed by atoms with van der Waals surface area (Å²) in [6.45, 7) is 6.59. The maximum Gasteiger partial charge on any atom is 0.264 e. The summed E-state index contributed by atoms with van der Waals surface area (Å²) in [6.07, 6.45) is 0. The molecule has 2 aromatic rings. The summed E-state index contributed by atoms with van der Waals surface area (Å²) in [5, 5.41) is 0. The molecule has 0 aliphatic carbocycles. The highest BCUT2D eigenvalue weighted by atomic mass is 32.2. The molecule has 28 heavy (non-hydrogen) atoms. The van der Waals surface area contributed by atoms with Crippen LogP contribution < -0.4 is 9.04 Å². The van der Waals surface area contributed by atoms with Crippen LogP contribution in [0.2, 0.25) is 0 Å². The molecule has 152 valence electrons. The van der Waals surface area contributed by atoms with E-state index in [1.54, 1.807) is 29.2 Å². The van der Waals surface area contributed by atoms with E-state index in [0.717, 1.165) is 16.4 Å². The zero-order chi connectivity index (χ0) is 20.7. The summed E-state index contributed by atoms with van der Waals surface area (Å²) in [4.78, 5) is 14.1. The van der Waals surface area contributed by atoms with Crippen molar-refractivity contribution in [1.82, 2.24) is 4.90 Å². The van der Waals surface area contributed by atoms with Gasteiger partial charge in [-0.05, 0) is 69.3 Å². The predicted octanol–water partition coefficient (Wildman–Crippen LogP) is 3.29. The highest BCUT2D eigenvalue weighted by Crippen LogP contribution is 2.26. The fraction of sp³-hybridized carbons (Fsp3) is 0.350. The third-order valence-corrected chi connectivity index (χ3v) is 6.02. The minimum absolute atomic E-state index is 0.0878. The van der Waals surface area contributed by atoms with Gasteiger partial charge in [0.2, 0.25) is 5.91 Å². The van der Waals surface area contributed by atoms with E-state index in [0.29, 0.717) is 31.1 Å². The zero-order valence-electron chi connectivity index (χ0n) is 16.3. The lowest BCUT2D eigenvalue weighted by molar-refractivity contribution is -0.129. The molecule has 8 heteroatoms. The third-order valence-electron chi connectivity index (χ3n) is 4.23. The average molecular weight is 408 g/mol. The Balaban J connectivity index is 2.45. The van der Waals surface area contributed by atoms with Crippen LogP contribution >= 0.6 is 0 Å². The van der Waals surface area contributed by atoms with E-state index >= 15 is 0 Å². The number of nitrogens with zero attached hydrogens (tertiary/aromatic N) is 2. The second-order valence-electron chi connectivity index (χ2n) is 5.96. The van der Waals surface area contributed by atoms with Crippen LogP contribution in [0.1, 0.15) is 20.8 Å². The summed E-state index contributed by atoms with van der Waals surface area (Å²) >= 11 is 0. The van der Waals surface area contributed by atoms with Crippen molar-refractivity contribution in [2.24, 2.45) is 0 Å². The van der Waals surface area contributed by atoms with Crippen LogP contribution in [0.25, 0.3) is 0 Å². The number of rotatable bonds is 9. The smallest absolute Gasteiger partial charge is 0.264 e. The number of ether oxygens (including phenoxy) is 1. The second kappa shape index (κ2) is 9.54. The molecule has 0 fully saturated rings. The minimum atomic E-state index is -4.06. The number of benzene rings is 2. The van der Waals surface area contributed by atoms with Gasteiger partial charge in [0.05, 0.1) is 17.2 Å². The van der Waals surface area contributed by atoms with E-state index in [-0.39, 0.29) is 17.3 Å². The van der Waals surface area contributed by atoms with Crippen molar-refractivity contribution in [2.45, 2.75) is 25.7 Å². The SMILES string of the molecule is CCOc1ccc(N(CC(=O)N(CC)CC)S(=O)(=O)c2ccc(F)cc2)cc1. The zero-order valence-corrected chi connectivity index (χ0v) is 17.1. The number of carbonyl (C=O) groups excluding carboxylic acids is 1. The molecule has 0 aromatic heterocycles. The van der Waals surface area contributed by atoms with Crippen LogP contribution in [0.3, 0.4) is 0 Å². The monoisotopic (exact) mass is 408 g/mol. The Kier molecular flexibility index (Phi) is 7.39. The average Bonchev–Trinajstić information content (AvgIpc) is 2.68. The lowest BCUT2D eigenvalue weighted by atomic mass is 10.3. The minimum Gasteiger partial charge on any atom is -0.494 e. The Labute approximate surface area is 165 Å². The Morgan fingerprint density at radius 2 is 1.54 bits per heavy atom. The molecule has 0 spiro atoms. The lowest BCUT2D eigenvalue weighted by Gasteiger charge is -2.27. The molecule has 1 amide bonds. The fourth-order valence-electron chi connectivity index (χ4n) is 2.72. The topological polar surface area (TPSA) is 66.9 Å². The van der Waals surface area contributed by atoms with Gasteiger partial charge in [-0.25, -0.2) is 12.8 Å². The lowest BCUT2D eigenvalue weighted by Crippen LogP contribution is -2.43. The summed E-state index contributed by atoms with van der Waals surface area (Å²) in [5.74, 6) is -0.254. The molecule has 0 aliphatic heterocycles. The van der Waals surface area contributed by atoms with Gasteiger partial charge in [-0.2, -0.15) is 0 Å². The van der Waals surface area contributed by atoms with Gasteiger partial charge in [0.15, 0.2) is 0 Å². The summed E-state index contributed by atoms with van der Waals surface area (Å²) in [7, 11) is -4.06. The molecule has 0 saturated carbocycles. The van der Waals surface area contributed by atoms with Gasteiger partial charge in [-0.3, -0.25) is 9.10 Å². The maximum absolute atomic E-state index is 13.2. The molecule has 2 rings (SSSR count). The summed E-state index contributed by atoms with van der Waals surface area (Å²) < 4.78 is 46.1. The highest BCUT2D eigenvalue weighted by Gasteiger charge is 2.28. The first-order valence-corrected chi connectivity index (χ1v) is 10.6. The van der Waals surface area contributed by atoms with Gasteiger partial charge in [-0.15, -0.1) is 0 Å². The number of likely N-dealkylation sites (N-methyl/N-ethyl adjacent to an activating group) is 1. The molecule has 0 radical (unpaired) electrons. The van der Waals surface area contributed by atoms with Crippen molar-refractivity contribution in [3.05, 3.63) is 54.3 Å². The second-order valence-corrected chi connectivity index (χ2v) is 7.82. The van der Waals surface area contributed by atoms with Gasteiger partial charge >= 0.3 is 0 Å². The standard InChI is InChI=1S/C20H25FN2O4S/c1-4-22(5-2)20(24)15-23(17-9-11-18(12-10-17)27-6-3)28(25,26)19-13-7-16(21)8-14-19/h7-14H,4-6,15H2,1-3H3. The molecule has 0 atom stereocenters. The molecule has 0 bridgehead atoms. The number of sulfonamides is 1. The number of amides is 1. The summed E-state index contributed by atoms with van der Waals surface area (Å²) in [5.41, 5.74) is 0.327. The van der Waals surface area contributed by atoms with Crippen molar-refractivity contribution in [1.29, 1.82) is 0 Å². The van der Waals surface area contributed by atoms with Gasteiger partial charge in [0, 0.05) is 13.1 Å². The van der Waals surface area contributed by atoms with Crippen molar-refractivity contribution in [3.8, 4) is 5.75 Å². The first-order valence-electron chi connectivity index (χ1n) is 9.12. The van der Waals surface area contributed by atoms with Gasteiger partial charge < -0.3 is 9.64 Å². The Hall–Kier alpha value is -2.61. The Bertz CT molecular complexity index is 879. The number of hydrogen-bond donors (Lipinski definition) is 0. The van der Waals surface area contributed by atoms with Crippen LogP contribution in [-0.2, 0) is 14.8 Å². The van der Waals surface area contributed by atoms with Crippen molar-refractivity contribution < 1.29 is 22.3 Å². The molecular formula is C20H25FN2O4S.